The summed E-state index contributed by atoms with van der Waals surface area (Å²) in [6.45, 7) is 0. The van der Waals surface area contributed by atoms with E-state index in [9.17, 15) is 0 Å². The van der Waals surface area contributed by atoms with Gasteiger partial charge in [-0.3, -0.25) is 0 Å². The summed E-state index contributed by atoms with van der Waals surface area (Å²) < 4.78 is 12.6. The van der Waals surface area contributed by atoms with Crippen LogP contribution >= 0.6 is 0 Å². The quantitative estimate of drug-likeness (QED) is 0.173. The standard InChI is InChI=1S/C51H32N2O2/c1-3-16-39(17-4-1)51(40-18-5-2-6-19-40)43-21-8-7-20-41(43)42-27-26-35(32-44(42)51)33-14-13-15-34(28-33)36-29-37(49-52-45-22-9-11-24-47(45)54-49)31-38(30-36)50-53-46-23-10-12-25-48(46)55-50/h1-32H. The van der Waals surface area contributed by atoms with Crippen LogP contribution in [0.1, 0.15) is 22.3 Å². The van der Waals surface area contributed by atoms with Gasteiger partial charge in [0, 0.05) is 11.1 Å². The smallest absolute Gasteiger partial charge is 0.227 e. The third-order valence-electron chi connectivity index (χ3n) is 11.0. The largest absolute Gasteiger partial charge is 0.436 e. The van der Waals surface area contributed by atoms with Crippen molar-refractivity contribution in [1.29, 1.82) is 0 Å². The van der Waals surface area contributed by atoms with Crippen molar-refractivity contribution in [3.63, 3.8) is 0 Å². The van der Waals surface area contributed by atoms with Crippen LogP contribution in [0.25, 0.3) is 78.5 Å². The molecule has 0 fully saturated rings. The lowest BCUT2D eigenvalue weighted by Crippen LogP contribution is -2.28. The molecule has 0 N–H and O–H groups in total. The first-order valence-electron chi connectivity index (χ1n) is 18.6. The molecule has 258 valence electrons. The van der Waals surface area contributed by atoms with Gasteiger partial charge in [0.15, 0.2) is 11.2 Å². The zero-order valence-electron chi connectivity index (χ0n) is 29.7. The van der Waals surface area contributed by atoms with Gasteiger partial charge in [-0.2, -0.15) is 0 Å². The summed E-state index contributed by atoms with van der Waals surface area (Å²) >= 11 is 0. The minimum absolute atomic E-state index is 0.468. The molecule has 55 heavy (non-hydrogen) atoms. The van der Waals surface area contributed by atoms with Crippen LogP contribution in [0.2, 0.25) is 0 Å². The zero-order chi connectivity index (χ0) is 36.3. The number of hydrogen-bond donors (Lipinski definition) is 0. The topological polar surface area (TPSA) is 52.1 Å². The Morgan fingerprint density at radius 1 is 0.327 bits per heavy atom. The van der Waals surface area contributed by atoms with Gasteiger partial charge in [0.25, 0.3) is 0 Å². The van der Waals surface area contributed by atoms with Crippen molar-refractivity contribution in [2.75, 3.05) is 0 Å². The molecule has 11 rings (SSSR count). The molecule has 0 atom stereocenters. The monoisotopic (exact) mass is 704 g/mol. The number of para-hydroxylation sites is 4. The molecule has 0 saturated heterocycles. The predicted octanol–water partition coefficient (Wildman–Crippen LogP) is 13.0. The molecule has 8 aromatic carbocycles. The number of nitrogens with zero attached hydrogens (tertiary/aromatic N) is 2. The van der Waals surface area contributed by atoms with Crippen LogP contribution in [-0.2, 0) is 5.41 Å². The van der Waals surface area contributed by atoms with E-state index < -0.39 is 5.41 Å². The van der Waals surface area contributed by atoms with Crippen LogP contribution in [0.15, 0.2) is 203 Å². The first kappa shape index (κ1) is 31.2. The van der Waals surface area contributed by atoms with Crippen LogP contribution in [0.4, 0.5) is 0 Å². The molecule has 10 aromatic rings. The molecule has 2 heterocycles. The number of aromatic nitrogens is 2. The maximum atomic E-state index is 6.29. The molecule has 1 aliphatic rings. The fraction of sp³-hybridized carbons (Fsp3) is 0.0196. The molecule has 0 radical (unpaired) electrons. The minimum atomic E-state index is -0.468. The van der Waals surface area contributed by atoms with Gasteiger partial charge in [0.05, 0.1) is 5.41 Å². The van der Waals surface area contributed by atoms with Crippen molar-refractivity contribution < 1.29 is 8.83 Å². The summed E-state index contributed by atoms with van der Waals surface area (Å²) in [5, 5.41) is 0. The van der Waals surface area contributed by atoms with E-state index in [1.165, 1.54) is 33.4 Å². The van der Waals surface area contributed by atoms with Crippen LogP contribution in [-0.4, -0.2) is 9.97 Å². The van der Waals surface area contributed by atoms with E-state index in [1.807, 2.05) is 54.6 Å². The highest BCUT2D eigenvalue weighted by atomic mass is 16.4. The Morgan fingerprint density at radius 2 is 0.800 bits per heavy atom. The number of rotatable bonds is 6. The van der Waals surface area contributed by atoms with Gasteiger partial charge in [-0.05, 0) is 110 Å². The Morgan fingerprint density at radius 3 is 1.42 bits per heavy atom. The molecule has 4 nitrogen and oxygen atoms in total. The Bertz CT molecular complexity index is 2850. The molecule has 0 spiro atoms. The maximum Gasteiger partial charge on any atom is 0.227 e. The predicted molar refractivity (Wildman–Crippen MR) is 221 cm³/mol. The van der Waals surface area contributed by atoms with Crippen LogP contribution in [0.3, 0.4) is 0 Å². The number of fused-ring (bicyclic) bond motifs is 5. The summed E-state index contributed by atoms with van der Waals surface area (Å²) in [7, 11) is 0. The van der Waals surface area contributed by atoms with Crippen molar-refractivity contribution in [2.45, 2.75) is 5.41 Å². The molecule has 0 aliphatic heterocycles. The van der Waals surface area contributed by atoms with Gasteiger partial charge in [0.2, 0.25) is 11.8 Å². The third-order valence-corrected chi connectivity index (χ3v) is 11.0. The molecule has 0 saturated carbocycles. The molecular formula is C51H32N2O2. The summed E-state index contributed by atoms with van der Waals surface area (Å²) in [6.07, 6.45) is 0. The molecule has 0 bridgehead atoms. The molecule has 2 aromatic heterocycles. The van der Waals surface area contributed by atoms with Crippen molar-refractivity contribution in [2.24, 2.45) is 0 Å². The maximum absolute atomic E-state index is 6.29. The highest BCUT2D eigenvalue weighted by Crippen LogP contribution is 2.56. The van der Waals surface area contributed by atoms with Gasteiger partial charge in [-0.15, -0.1) is 0 Å². The lowest BCUT2D eigenvalue weighted by Gasteiger charge is -2.34. The van der Waals surface area contributed by atoms with E-state index in [0.29, 0.717) is 11.8 Å². The van der Waals surface area contributed by atoms with Crippen LogP contribution < -0.4 is 0 Å². The molecule has 4 heteroatoms. The first-order chi connectivity index (χ1) is 27.2. The second-order valence-electron chi connectivity index (χ2n) is 14.1. The summed E-state index contributed by atoms with van der Waals surface area (Å²) in [5.41, 5.74) is 16.3. The normalized spacial score (nSPS) is 12.9. The van der Waals surface area contributed by atoms with E-state index >= 15 is 0 Å². The van der Waals surface area contributed by atoms with Crippen molar-refractivity contribution in [1.82, 2.24) is 9.97 Å². The second-order valence-corrected chi connectivity index (χ2v) is 14.1. The molecular weight excluding hydrogens is 673 g/mol. The third kappa shape index (κ3) is 4.99. The highest BCUT2D eigenvalue weighted by molar-refractivity contribution is 5.89. The van der Waals surface area contributed by atoms with Gasteiger partial charge in [0.1, 0.15) is 11.0 Å². The highest BCUT2D eigenvalue weighted by Gasteiger charge is 2.46. The summed E-state index contributed by atoms with van der Waals surface area (Å²) in [6, 6.07) is 68.5. The fourth-order valence-electron chi connectivity index (χ4n) is 8.53. The fourth-order valence-corrected chi connectivity index (χ4v) is 8.53. The Balaban J connectivity index is 1.08. The number of hydrogen-bond acceptors (Lipinski definition) is 4. The number of benzene rings is 8. The van der Waals surface area contributed by atoms with Gasteiger partial charge in [-0.1, -0.05) is 140 Å². The second kappa shape index (κ2) is 12.4. The van der Waals surface area contributed by atoms with Crippen molar-refractivity contribution in [3.05, 3.63) is 216 Å². The lowest BCUT2D eigenvalue weighted by molar-refractivity contribution is 0.617. The zero-order valence-corrected chi connectivity index (χ0v) is 29.7. The Kier molecular flexibility index (Phi) is 7.04. The Hall–Kier alpha value is -7.30. The van der Waals surface area contributed by atoms with E-state index in [2.05, 4.69) is 140 Å². The molecule has 1 aliphatic carbocycles. The lowest BCUT2D eigenvalue weighted by atomic mass is 9.67. The van der Waals surface area contributed by atoms with E-state index in [1.54, 1.807) is 0 Å². The summed E-state index contributed by atoms with van der Waals surface area (Å²) in [4.78, 5) is 9.71. The van der Waals surface area contributed by atoms with Gasteiger partial charge < -0.3 is 8.83 Å². The van der Waals surface area contributed by atoms with E-state index in [4.69, 9.17) is 18.8 Å². The molecule has 0 unspecified atom stereocenters. The van der Waals surface area contributed by atoms with Crippen molar-refractivity contribution >= 4 is 22.2 Å². The summed E-state index contributed by atoms with van der Waals surface area (Å²) in [5.74, 6) is 1.10. The number of oxazole rings is 2. The average Bonchev–Trinajstić information content (AvgIpc) is 3.97. The Labute approximate surface area is 318 Å². The van der Waals surface area contributed by atoms with Gasteiger partial charge in [-0.25, -0.2) is 9.97 Å². The van der Waals surface area contributed by atoms with Crippen LogP contribution in [0, 0.1) is 0 Å². The molecule has 0 amide bonds. The SMILES string of the molecule is c1ccc(C2(c3ccccc3)c3ccccc3-c3ccc(-c4cccc(-c5cc(-c6nc7ccccc7o6)cc(-c6nc7ccccc7o6)c5)c4)cc32)cc1. The van der Waals surface area contributed by atoms with E-state index in [-0.39, 0.29) is 0 Å². The van der Waals surface area contributed by atoms with Crippen molar-refractivity contribution in [3.8, 4) is 56.3 Å². The van der Waals surface area contributed by atoms with Crippen LogP contribution in [0.5, 0.6) is 0 Å². The first-order valence-corrected chi connectivity index (χ1v) is 18.6. The average molecular weight is 705 g/mol. The van der Waals surface area contributed by atoms with Gasteiger partial charge >= 0.3 is 0 Å². The van der Waals surface area contributed by atoms with E-state index in [0.717, 1.165) is 55.6 Å². The minimum Gasteiger partial charge on any atom is -0.436 e.